The van der Waals surface area contributed by atoms with Crippen LogP contribution in [-0.2, 0) is 9.47 Å². The Labute approximate surface area is 80.8 Å². The quantitative estimate of drug-likeness (QED) is 0.364. The van der Waals surface area contributed by atoms with Gasteiger partial charge in [-0.15, -0.1) is 0 Å². The molecule has 2 fully saturated rings. The molecule has 0 radical (unpaired) electrons. The highest BCUT2D eigenvalue weighted by Crippen LogP contribution is 2.50. The summed E-state index contributed by atoms with van der Waals surface area (Å²) in [6.07, 6.45) is 4.68. The lowest BCUT2D eigenvalue weighted by molar-refractivity contribution is -0.493. The van der Waals surface area contributed by atoms with Crippen molar-refractivity contribution in [3.63, 3.8) is 0 Å². The van der Waals surface area contributed by atoms with Gasteiger partial charge in [0.05, 0.1) is 12.7 Å². The Morgan fingerprint density at radius 1 is 1.64 bits per heavy atom. The Kier molecular flexibility index (Phi) is 1.52. The van der Waals surface area contributed by atoms with Crippen molar-refractivity contribution < 1.29 is 14.4 Å². The Morgan fingerprint density at radius 3 is 3.21 bits per heavy atom. The summed E-state index contributed by atoms with van der Waals surface area (Å²) in [6, 6.07) is 0. The SMILES string of the molecule is O=[N+]([O-])C[C@@H]1OC[C@@H]2C[C@H]3C=C[C@]21O3. The Balaban J connectivity index is 1.88. The van der Waals surface area contributed by atoms with Crippen molar-refractivity contribution in [3.8, 4) is 0 Å². The Bertz CT molecular complexity index is 316. The van der Waals surface area contributed by atoms with Gasteiger partial charge in [-0.05, 0) is 6.42 Å². The zero-order valence-corrected chi connectivity index (χ0v) is 7.59. The molecular weight excluding hydrogens is 186 g/mol. The number of ether oxygens (including phenoxy) is 2. The van der Waals surface area contributed by atoms with Crippen LogP contribution in [0.15, 0.2) is 12.2 Å². The first-order valence-electron chi connectivity index (χ1n) is 4.81. The molecular formula is C9H11NO4. The van der Waals surface area contributed by atoms with E-state index in [1.165, 1.54) is 0 Å². The van der Waals surface area contributed by atoms with Crippen LogP contribution in [0.25, 0.3) is 0 Å². The lowest BCUT2D eigenvalue weighted by Gasteiger charge is -2.25. The van der Waals surface area contributed by atoms with Crippen LogP contribution in [0.1, 0.15) is 6.42 Å². The summed E-state index contributed by atoms with van der Waals surface area (Å²) < 4.78 is 11.2. The van der Waals surface area contributed by atoms with Gasteiger partial charge in [0, 0.05) is 10.8 Å². The van der Waals surface area contributed by atoms with Crippen molar-refractivity contribution in [1.29, 1.82) is 0 Å². The van der Waals surface area contributed by atoms with Gasteiger partial charge < -0.3 is 9.47 Å². The van der Waals surface area contributed by atoms with Crippen molar-refractivity contribution in [2.75, 3.05) is 13.2 Å². The van der Waals surface area contributed by atoms with Crippen LogP contribution >= 0.6 is 0 Å². The highest BCUT2D eigenvalue weighted by atomic mass is 16.6. The zero-order chi connectivity index (χ0) is 9.76. The fraction of sp³-hybridized carbons (Fsp3) is 0.778. The summed E-state index contributed by atoms with van der Waals surface area (Å²) in [4.78, 5) is 10.1. The van der Waals surface area contributed by atoms with Crippen LogP contribution in [0.5, 0.6) is 0 Å². The summed E-state index contributed by atoms with van der Waals surface area (Å²) in [7, 11) is 0. The second-order valence-corrected chi connectivity index (χ2v) is 4.14. The first-order chi connectivity index (χ1) is 6.71. The molecule has 0 aromatic rings. The number of nitro groups is 1. The highest BCUT2D eigenvalue weighted by molar-refractivity contribution is 5.25. The van der Waals surface area contributed by atoms with Crippen LogP contribution < -0.4 is 0 Å². The molecule has 3 aliphatic rings. The lowest BCUT2D eigenvalue weighted by atomic mass is 9.82. The maximum absolute atomic E-state index is 10.5. The van der Waals surface area contributed by atoms with Crippen LogP contribution in [0.2, 0.25) is 0 Å². The van der Waals surface area contributed by atoms with E-state index in [0.717, 1.165) is 6.42 Å². The average Bonchev–Trinajstić information content (AvgIpc) is 2.75. The van der Waals surface area contributed by atoms with E-state index in [9.17, 15) is 10.1 Å². The summed E-state index contributed by atoms with van der Waals surface area (Å²) in [5.41, 5.74) is -0.474. The van der Waals surface area contributed by atoms with E-state index in [1.54, 1.807) is 0 Å². The number of hydrogen-bond acceptors (Lipinski definition) is 4. The maximum atomic E-state index is 10.5. The molecule has 0 unspecified atom stereocenters. The minimum absolute atomic E-state index is 0.159. The van der Waals surface area contributed by atoms with Crippen LogP contribution in [-0.4, -0.2) is 35.9 Å². The van der Waals surface area contributed by atoms with Crippen LogP contribution in [0.4, 0.5) is 0 Å². The molecule has 14 heavy (non-hydrogen) atoms. The van der Waals surface area contributed by atoms with E-state index in [0.29, 0.717) is 12.5 Å². The maximum Gasteiger partial charge on any atom is 0.232 e. The van der Waals surface area contributed by atoms with E-state index < -0.39 is 11.7 Å². The number of rotatable bonds is 2. The molecule has 5 heteroatoms. The number of fused-ring (bicyclic) bond motifs is 1. The number of hydrogen-bond donors (Lipinski definition) is 0. The predicted octanol–water partition coefficient (Wildman–Crippen LogP) is 0.376. The van der Waals surface area contributed by atoms with E-state index in [4.69, 9.17) is 9.47 Å². The normalized spacial score (nSPS) is 48.4. The Hall–Kier alpha value is -0.940. The van der Waals surface area contributed by atoms with Gasteiger partial charge in [0.1, 0.15) is 5.60 Å². The second-order valence-electron chi connectivity index (χ2n) is 4.14. The Morgan fingerprint density at radius 2 is 2.50 bits per heavy atom. The van der Waals surface area contributed by atoms with Crippen molar-refractivity contribution in [2.45, 2.75) is 24.2 Å². The van der Waals surface area contributed by atoms with Crippen molar-refractivity contribution in [3.05, 3.63) is 22.3 Å². The molecule has 1 spiro atoms. The van der Waals surface area contributed by atoms with E-state index >= 15 is 0 Å². The summed E-state index contributed by atoms with van der Waals surface area (Å²) >= 11 is 0. The third-order valence-corrected chi connectivity index (χ3v) is 3.40. The largest absolute Gasteiger partial charge is 0.368 e. The summed E-state index contributed by atoms with van der Waals surface area (Å²) in [5.74, 6) is 0.322. The number of nitrogens with zero attached hydrogens (tertiary/aromatic N) is 1. The van der Waals surface area contributed by atoms with Crippen LogP contribution in [0, 0.1) is 16.0 Å². The topological polar surface area (TPSA) is 61.6 Å². The van der Waals surface area contributed by atoms with Crippen molar-refractivity contribution >= 4 is 0 Å². The van der Waals surface area contributed by atoms with Gasteiger partial charge in [0.15, 0.2) is 6.10 Å². The monoisotopic (exact) mass is 197 g/mol. The van der Waals surface area contributed by atoms with E-state index in [1.807, 2.05) is 12.2 Å². The minimum Gasteiger partial charge on any atom is -0.368 e. The van der Waals surface area contributed by atoms with Gasteiger partial charge in [-0.25, -0.2) is 0 Å². The molecule has 2 bridgehead atoms. The standard InChI is InChI=1S/C9H11NO4/c11-10(12)4-8-9-2-1-7(14-9)3-6(9)5-13-8/h1-2,6-8H,3-5H2/t6-,7+,8-,9-/m0/s1. The predicted molar refractivity (Wildman–Crippen MR) is 46.5 cm³/mol. The molecule has 3 rings (SSSR count). The molecule has 3 aliphatic heterocycles. The third kappa shape index (κ3) is 0.911. The van der Waals surface area contributed by atoms with E-state index in [2.05, 4.69) is 0 Å². The van der Waals surface area contributed by atoms with Gasteiger partial charge in [-0.1, -0.05) is 12.2 Å². The summed E-state index contributed by atoms with van der Waals surface area (Å²) in [5, 5.41) is 10.5. The average molecular weight is 197 g/mol. The highest BCUT2D eigenvalue weighted by Gasteiger charge is 2.60. The zero-order valence-electron chi connectivity index (χ0n) is 7.59. The molecule has 0 saturated carbocycles. The molecule has 5 nitrogen and oxygen atoms in total. The van der Waals surface area contributed by atoms with Crippen LogP contribution in [0.3, 0.4) is 0 Å². The van der Waals surface area contributed by atoms with E-state index in [-0.39, 0.29) is 17.6 Å². The second kappa shape index (κ2) is 2.55. The first-order valence-corrected chi connectivity index (χ1v) is 4.81. The van der Waals surface area contributed by atoms with Gasteiger partial charge in [0.25, 0.3) is 0 Å². The molecule has 76 valence electrons. The van der Waals surface area contributed by atoms with Gasteiger partial charge in [0.2, 0.25) is 6.54 Å². The molecule has 0 amide bonds. The smallest absolute Gasteiger partial charge is 0.232 e. The molecule has 0 aromatic carbocycles. The summed E-state index contributed by atoms with van der Waals surface area (Å²) in [6.45, 7) is 0.437. The van der Waals surface area contributed by atoms with Crippen molar-refractivity contribution in [2.24, 2.45) is 5.92 Å². The first kappa shape index (κ1) is 8.38. The molecule has 4 atom stereocenters. The van der Waals surface area contributed by atoms with Crippen molar-refractivity contribution in [1.82, 2.24) is 0 Å². The minimum atomic E-state index is -0.474. The molecule has 0 N–H and O–H groups in total. The molecule has 2 saturated heterocycles. The van der Waals surface area contributed by atoms with Gasteiger partial charge >= 0.3 is 0 Å². The molecule has 0 aromatic heterocycles. The molecule has 0 aliphatic carbocycles. The van der Waals surface area contributed by atoms with Gasteiger partial charge in [-0.2, -0.15) is 0 Å². The van der Waals surface area contributed by atoms with Gasteiger partial charge in [-0.3, -0.25) is 10.1 Å². The molecule has 3 heterocycles. The fourth-order valence-electron chi connectivity index (χ4n) is 2.76. The third-order valence-electron chi connectivity index (χ3n) is 3.40. The fourth-order valence-corrected chi connectivity index (χ4v) is 2.76. The lowest BCUT2D eigenvalue weighted by Crippen LogP contribution is -2.43.